The summed E-state index contributed by atoms with van der Waals surface area (Å²) in [6.07, 6.45) is 7.14. The number of H-pyrrole nitrogens is 1. The van der Waals surface area contributed by atoms with Gasteiger partial charge >= 0.3 is 0 Å². The molecule has 0 spiro atoms. The normalized spacial score (nSPS) is 22.2. The van der Waals surface area contributed by atoms with Crippen LogP contribution < -0.4 is 0 Å². The van der Waals surface area contributed by atoms with Crippen molar-refractivity contribution >= 4 is 23.3 Å². The van der Waals surface area contributed by atoms with E-state index in [1.54, 1.807) is 0 Å². The first kappa shape index (κ1) is 16.9. The van der Waals surface area contributed by atoms with Crippen LogP contribution in [0.15, 0.2) is 24.4 Å². The van der Waals surface area contributed by atoms with Crippen molar-refractivity contribution in [2.24, 2.45) is 0 Å². The van der Waals surface area contributed by atoms with E-state index in [0.29, 0.717) is 12.1 Å². The van der Waals surface area contributed by atoms with E-state index in [-0.39, 0.29) is 12.4 Å². The topological polar surface area (TPSA) is 42.8 Å². The summed E-state index contributed by atoms with van der Waals surface area (Å²) in [5, 5.41) is 10.3. The highest BCUT2D eigenvalue weighted by atomic mass is 35.5. The number of hydrogen-bond donors (Lipinski definition) is 1. The molecule has 0 radical (unpaired) electrons. The highest BCUT2D eigenvalue weighted by molar-refractivity contribution is 5.85. The fraction of sp³-hybridized carbons (Fsp3) is 0.500. The summed E-state index contributed by atoms with van der Waals surface area (Å²) in [6.45, 7) is 5.80. The number of nitrogens with one attached hydrogen (secondary N) is 1. The molecule has 0 saturated carbocycles. The average Bonchev–Trinajstić information content (AvgIpc) is 2.89. The number of nitriles is 1. The zero-order chi connectivity index (χ0) is 14.8. The van der Waals surface area contributed by atoms with Gasteiger partial charge in [-0.05, 0) is 56.9 Å². The Balaban J connectivity index is 0.00000176. The number of rotatable bonds is 3. The summed E-state index contributed by atoms with van der Waals surface area (Å²) in [4.78, 5) is 5.96. The molecule has 2 atom stereocenters. The molecule has 1 aromatic carbocycles. The van der Waals surface area contributed by atoms with Gasteiger partial charge < -0.3 is 4.98 Å². The van der Waals surface area contributed by atoms with Crippen LogP contribution in [-0.2, 0) is 6.42 Å². The van der Waals surface area contributed by atoms with E-state index in [1.807, 2.05) is 18.2 Å². The third-order valence-electron chi connectivity index (χ3n) is 4.91. The molecule has 2 aromatic rings. The van der Waals surface area contributed by atoms with Crippen LogP contribution in [0.5, 0.6) is 0 Å². The quantitative estimate of drug-likeness (QED) is 0.918. The predicted octanol–water partition coefficient (Wildman–Crippen LogP) is 4.27. The third kappa shape index (κ3) is 3.29. The fourth-order valence-electron chi connectivity index (χ4n) is 3.62. The Kier molecular flexibility index (Phi) is 5.50. The molecule has 1 aromatic heterocycles. The number of aromatic nitrogens is 1. The van der Waals surface area contributed by atoms with Gasteiger partial charge in [-0.2, -0.15) is 5.26 Å². The van der Waals surface area contributed by atoms with Gasteiger partial charge in [0.2, 0.25) is 0 Å². The van der Waals surface area contributed by atoms with Crippen molar-refractivity contribution in [1.29, 1.82) is 5.26 Å². The van der Waals surface area contributed by atoms with Gasteiger partial charge in [-0.3, -0.25) is 4.90 Å². The van der Waals surface area contributed by atoms with Crippen molar-refractivity contribution in [2.75, 3.05) is 6.54 Å². The lowest BCUT2D eigenvalue weighted by Crippen LogP contribution is -2.44. The Bertz CT molecular complexity index is 661. The summed E-state index contributed by atoms with van der Waals surface area (Å²) in [6, 6.07) is 9.49. The van der Waals surface area contributed by atoms with Crippen LogP contribution in [0.4, 0.5) is 0 Å². The van der Waals surface area contributed by atoms with Gasteiger partial charge in [0.25, 0.3) is 0 Å². The van der Waals surface area contributed by atoms with Crippen molar-refractivity contribution in [3.63, 3.8) is 0 Å². The van der Waals surface area contributed by atoms with Crippen LogP contribution in [0.1, 0.15) is 44.2 Å². The molecule has 0 amide bonds. The second kappa shape index (κ2) is 7.17. The minimum Gasteiger partial charge on any atom is -0.361 e. The number of likely N-dealkylation sites (tertiary alicyclic amines) is 1. The Hall–Kier alpha value is -1.50. The van der Waals surface area contributed by atoms with Gasteiger partial charge in [0, 0.05) is 35.7 Å². The maximum absolute atomic E-state index is 9.06. The number of piperidine rings is 1. The monoisotopic (exact) mass is 317 g/mol. The van der Waals surface area contributed by atoms with Crippen LogP contribution in [0.3, 0.4) is 0 Å². The maximum atomic E-state index is 9.06. The molecule has 0 aliphatic carbocycles. The van der Waals surface area contributed by atoms with Crippen LogP contribution in [0.25, 0.3) is 10.9 Å². The third-order valence-corrected chi connectivity index (χ3v) is 4.91. The number of nitrogens with zero attached hydrogens (tertiary/aromatic N) is 2. The van der Waals surface area contributed by atoms with Crippen molar-refractivity contribution in [1.82, 2.24) is 9.88 Å². The highest BCUT2D eigenvalue weighted by Gasteiger charge is 2.24. The van der Waals surface area contributed by atoms with E-state index in [1.165, 1.54) is 30.2 Å². The van der Waals surface area contributed by atoms with Gasteiger partial charge in [0.1, 0.15) is 0 Å². The molecule has 1 aliphatic rings. The molecule has 3 nitrogen and oxygen atoms in total. The number of aromatic amines is 1. The van der Waals surface area contributed by atoms with Crippen molar-refractivity contribution in [2.45, 2.75) is 51.6 Å². The summed E-state index contributed by atoms with van der Waals surface area (Å²) < 4.78 is 0. The lowest BCUT2D eigenvalue weighted by atomic mass is 9.96. The summed E-state index contributed by atoms with van der Waals surface area (Å²) in [5.74, 6) is 0. The van der Waals surface area contributed by atoms with E-state index < -0.39 is 0 Å². The molecule has 1 fully saturated rings. The Labute approximate surface area is 138 Å². The molecule has 2 unspecified atom stereocenters. The van der Waals surface area contributed by atoms with E-state index in [0.717, 1.165) is 24.0 Å². The zero-order valence-corrected chi connectivity index (χ0v) is 14.1. The van der Waals surface area contributed by atoms with Gasteiger partial charge in [-0.1, -0.05) is 6.42 Å². The SMILES string of the molecule is CC1CCCC(C)N1CCc1c[nH]c2ccc(C#N)cc12.Cl. The lowest BCUT2D eigenvalue weighted by molar-refractivity contribution is 0.105. The number of halogens is 1. The second-order valence-corrected chi connectivity index (χ2v) is 6.30. The molecule has 1 saturated heterocycles. The average molecular weight is 318 g/mol. The Morgan fingerprint density at radius 3 is 2.68 bits per heavy atom. The van der Waals surface area contributed by atoms with Crippen LogP contribution in [0.2, 0.25) is 0 Å². The van der Waals surface area contributed by atoms with Crippen molar-refractivity contribution in [3.8, 4) is 6.07 Å². The standard InChI is InChI=1S/C18H23N3.ClH/c1-13-4-3-5-14(2)21(13)9-8-16-12-20-18-7-6-15(11-19)10-17(16)18;/h6-7,10,12-14,20H,3-5,8-9H2,1-2H3;1H. The summed E-state index contributed by atoms with van der Waals surface area (Å²) >= 11 is 0. The number of fused-ring (bicyclic) bond motifs is 1. The molecular formula is C18H24ClN3. The van der Waals surface area contributed by atoms with Crippen LogP contribution >= 0.6 is 12.4 Å². The first-order valence-corrected chi connectivity index (χ1v) is 7.95. The van der Waals surface area contributed by atoms with E-state index in [2.05, 4.69) is 36.0 Å². The predicted molar refractivity (Wildman–Crippen MR) is 93.4 cm³/mol. The number of hydrogen-bond acceptors (Lipinski definition) is 2. The van der Waals surface area contributed by atoms with Gasteiger partial charge in [0.05, 0.1) is 11.6 Å². The highest BCUT2D eigenvalue weighted by Crippen LogP contribution is 2.25. The van der Waals surface area contributed by atoms with E-state index >= 15 is 0 Å². The molecule has 1 aliphatic heterocycles. The Morgan fingerprint density at radius 1 is 1.27 bits per heavy atom. The second-order valence-electron chi connectivity index (χ2n) is 6.30. The van der Waals surface area contributed by atoms with Crippen LogP contribution in [0, 0.1) is 11.3 Å². The van der Waals surface area contributed by atoms with E-state index in [9.17, 15) is 0 Å². The molecule has 22 heavy (non-hydrogen) atoms. The van der Waals surface area contributed by atoms with Gasteiger partial charge in [-0.25, -0.2) is 0 Å². The molecule has 1 N–H and O–H groups in total. The van der Waals surface area contributed by atoms with Crippen molar-refractivity contribution in [3.05, 3.63) is 35.5 Å². The lowest BCUT2D eigenvalue weighted by Gasteiger charge is -2.39. The minimum absolute atomic E-state index is 0. The molecule has 3 rings (SSSR count). The molecule has 4 heteroatoms. The van der Waals surface area contributed by atoms with Crippen LogP contribution in [-0.4, -0.2) is 28.5 Å². The fourth-order valence-corrected chi connectivity index (χ4v) is 3.62. The largest absolute Gasteiger partial charge is 0.361 e. The first-order valence-electron chi connectivity index (χ1n) is 7.95. The first-order chi connectivity index (χ1) is 10.2. The number of benzene rings is 1. The molecular weight excluding hydrogens is 294 g/mol. The summed E-state index contributed by atoms with van der Waals surface area (Å²) in [5.41, 5.74) is 3.19. The summed E-state index contributed by atoms with van der Waals surface area (Å²) in [7, 11) is 0. The molecule has 118 valence electrons. The van der Waals surface area contributed by atoms with Crippen molar-refractivity contribution < 1.29 is 0 Å². The molecule has 0 bridgehead atoms. The zero-order valence-electron chi connectivity index (χ0n) is 13.3. The Morgan fingerprint density at radius 2 is 2.00 bits per heavy atom. The van der Waals surface area contributed by atoms with Gasteiger partial charge in [-0.15, -0.1) is 12.4 Å². The van der Waals surface area contributed by atoms with Gasteiger partial charge in [0.15, 0.2) is 0 Å². The van der Waals surface area contributed by atoms with E-state index in [4.69, 9.17) is 5.26 Å². The smallest absolute Gasteiger partial charge is 0.0991 e. The maximum Gasteiger partial charge on any atom is 0.0991 e. The molecule has 2 heterocycles. The minimum atomic E-state index is 0.